The van der Waals surface area contributed by atoms with Crippen molar-refractivity contribution in [2.24, 2.45) is 11.5 Å². The predicted molar refractivity (Wildman–Crippen MR) is 133 cm³/mol. The van der Waals surface area contributed by atoms with E-state index in [4.69, 9.17) is 16.6 Å². The highest BCUT2D eigenvalue weighted by Gasteiger charge is 2.32. The van der Waals surface area contributed by atoms with Gasteiger partial charge in [-0.1, -0.05) is 30.3 Å². The number of hydrogen-bond donors (Lipinski definition) is 8. The van der Waals surface area contributed by atoms with Crippen molar-refractivity contribution in [1.29, 1.82) is 0 Å². The molecule has 13 heteroatoms. The highest BCUT2D eigenvalue weighted by molar-refractivity contribution is 5.94. The van der Waals surface area contributed by atoms with Gasteiger partial charge in [-0.15, -0.1) is 0 Å². The SMILES string of the molecule is CC(O)C(NC(=O)C(CCC(=O)O)NC(=O)C(N)Cc1ccccc1)C(=O)NC(CCCCN)C(=O)O. The molecule has 1 aromatic rings. The second kappa shape index (κ2) is 16.2. The first kappa shape index (κ1) is 31.5. The molecule has 0 aliphatic rings. The van der Waals surface area contributed by atoms with Crippen LogP contribution in [0.3, 0.4) is 0 Å². The number of nitrogens with two attached hydrogens (primary N) is 2. The molecule has 0 spiro atoms. The van der Waals surface area contributed by atoms with Gasteiger partial charge in [-0.25, -0.2) is 4.79 Å². The lowest BCUT2D eigenvalue weighted by molar-refractivity contribution is -0.143. The molecular weight excluding hydrogens is 486 g/mol. The molecule has 0 aliphatic carbocycles. The van der Waals surface area contributed by atoms with Crippen LogP contribution in [0.4, 0.5) is 0 Å². The highest BCUT2D eigenvalue weighted by atomic mass is 16.4. The number of nitrogens with one attached hydrogen (secondary N) is 3. The molecule has 0 bridgehead atoms. The number of carbonyl (C=O) groups excluding carboxylic acids is 3. The van der Waals surface area contributed by atoms with Gasteiger partial charge in [0.25, 0.3) is 0 Å². The standard InChI is InChI=1S/C24H37N5O8/c1-14(30)20(23(35)28-18(24(36)37)9-5-6-12-25)29-22(34)17(10-11-19(31)32)27-21(33)16(26)13-15-7-3-2-4-8-15/h2-4,7-8,14,16-18,20,30H,5-6,9-13,25-26H2,1H3,(H,27,33)(H,28,35)(H,29,34)(H,31,32)(H,36,37). The summed E-state index contributed by atoms with van der Waals surface area (Å²) in [4.78, 5) is 60.9. The third kappa shape index (κ3) is 11.8. The zero-order valence-corrected chi connectivity index (χ0v) is 20.8. The van der Waals surface area contributed by atoms with Crippen molar-refractivity contribution in [3.05, 3.63) is 35.9 Å². The fourth-order valence-electron chi connectivity index (χ4n) is 3.45. The Kier molecular flexibility index (Phi) is 13.8. The molecule has 0 heterocycles. The first-order chi connectivity index (χ1) is 17.5. The van der Waals surface area contributed by atoms with Crippen LogP contribution in [0.1, 0.15) is 44.6 Å². The summed E-state index contributed by atoms with van der Waals surface area (Å²) < 4.78 is 0. The van der Waals surface area contributed by atoms with Crippen LogP contribution in [0.15, 0.2) is 30.3 Å². The van der Waals surface area contributed by atoms with E-state index in [0.717, 1.165) is 5.56 Å². The molecule has 13 nitrogen and oxygen atoms in total. The van der Waals surface area contributed by atoms with E-state index in [2.05, 4.69) is 16.0 Å². The van der Waals surface area contributed by atoms with Crippen molar-refractivity contribution in [3.8, 4) is 0 Å². The number of carbonyl (C=O) groups is 5. The Morgan fingerprint density at radius 3 is 2.03 bits per heavy atom. The third-order valence-electron chi connectivity index (χ3n) is 5.54. The van der Waals surface area contributed by atoms with Gasteiger partial charge >= 0.3 is 11.9 Å². The first-order valence-corrected chi connectivity index (χ1v) is 12.0. The van der Waals surface area contributed by atoms with Crippen LogP contribution in [-0.4, -0.2) is 81.8 Å². The maximum absolute atomic E-state index is 12.9. The van der Waals surface area contributed by atoms with Gasteiger partial charge in [-0.3, -0.25) is 19.2 Å². The van der Waals surface area contributed by atoms with Gasteiger partial charge in [-0.2, -0.15) is 0 Å². The second-order valence-electron chi connectivity index (χ2n) is 8.70. The van der Waals surface area contributed by atoms with Crippen LogP contribution in [-0.2, 0) is 30.4 Å². The number of rotatable bonds is 17. The van der Waals surface area contributed by atoms with Gasteiger partial charge in [0.05, 0.1) is 12.1 Å². The molecule has 5 atom stereocenters. The third-order valence-corrected chi connectivity index (χ3v) is 5.54. The lowest BCUT2D eigenvalue weighted by Gasteiger charge is -2.26. The normalized spacial score (nSPS) is 14.9. The van der Waals surface area contributed by atoms with Crippen LogP contribution in [0.25, 0.3) is 0 Å². The van der Waals surface area contributed by atoms with Crippen LogP contribution in [0, 0.1) is 0 Å². The van der Waals surface area contributed by atoms with E-state index in [1.807, 2.05) is 0 Å². The van der Waals surface area contributed by atoms with E-state index < -0.39 is 66.4 Å². The minimum Gasteiger partial charge on any atom is -0.481 e. The van der Waals surface area contributed by atoms with Crippen molar-refractivity contribution in [2.45, 2.75) is 75.7 Å². The largest absolute Gasteiger partial charge is 0.481 e. The number of aliphatic hydroxyl groups is 1. The topological polar surface area (TPSA) is 234 Å². The maximum Gasteiger partial charge on any atom is 0.326 e. The quantitative estimate of drug-likeness (QED) is 0.110. The fourth-order valence-corrected chi connectivity index (χ4v) is 3.45. The summed E-state index contributed by atoms with van der Waals surface area (Å²) >= 11 is 0. The number of amides is 3. The van der Waals surface area contributed by atoms with E-state index in [-0.39, 0.29) is 19.3 Å². The predicted octanol–water partition coefficient (Wildman–Crippen LogP) is -1.53. The molecule has 0 saturated heterocycles. The van der Waals surface area contributed by atoms with Crippen molar-refractivity contribution in [3.63, 3.8) is 0 Å². The van der Waals surface area contributed by atoms with Crippen molar-refractivity contribution >= 4 is 29.7 Å². The minimum absolute atomic E-state index is 0.0926. The molecule has 0 aliphatic heterocycles. The molecule has 5 unspecified atom stereocenters. The van der Waals surface area contributed by atoms with Crippen LogP contribution in [0.5, 0.6) is 0 Å². The number of carboxylic acid groups (broad SMARTS) is 2. The zero-order valence-electron chi connectivity index (χ0n) is 20.8. The summed E-state index contributed by atoms with van der Waals surface area (Å²) in [5.74, 6) is -5.10. The van der Waals surface area contributed by atoms with Gasteiger partial charge in [0.15, 0.2) is 0 Å². The summed E-state index contributed by atoms with van der Waals surface area (Å²) in [5, 5.41) is 35.5. The van der Waals surface area contributed by atoms with E-state index in [1.54, 1.807) is 30.3 Å². The Morgan fingerprint density at radius 2 is 1.49 bits per heavy atom. The lowest BCUT2D eigenvalue weighted by atomic mass is 10.0. The minimum atomic E-state index is -1.56. The molecule has 1 aromatic carbocycles. The number of benzene rings is 1. The first-order valence-electron chi connectivity index (χ1n) is 12.0. The smallest absolute Gasteiger partial charge is 0.326 e. The number of hydrogen-bond acceptors (Lipinski definition) is 8. The number of aliphatic hydroxyl groups excluding tert-OH is 1. The van der Waals surface area contributed by atoms with Crippen LogP contribution < -0.4 is 27.4 Å². The zero-order chi connectivity index (χ0) is 28.0. The average molecular weight is 524 g/mol. The maximum atomic E-state index is 12.9. The van der Waals surface area contributed by atoms with E-state index in [9.17, 15) is 34.2 Å². The Morgan fingerprint density at radius 1 is 0.865 bits per heavy atom. The molecular formula is C24H37N5O8. The molecule has 1 rings (SSSR count). The summed E-state index contributed by atoms with van der Waals surface area (Å²) in [6, 6.07) is 3.65. The van der Waals surface area contributed by atoms with Gasteiger partial charge in [0.1, 0.15) is 18.1 Å². The fraction of sp³-hybridized carbons (Fsp3) is 0.542. The van der Waals surface area contributed by atoms with E-state index >= 15 is 0 Å². The summed E-state index contributed by atoms with van der Waals surface area (Å²) in [6.07, 6.45) is -0.969. The monoisotopic (exact) mass is 523 g/mol. The molecule has 0 fully saturated rings. The lowest BCUT2D eigenvalue weighted by Crippen LogP contribution is -2.60. The van der Waals surface area contributed by atoms with E-state index in [0.29, 0.717) is 19.4 Å². The molecule has 0 aromatic heterocycles. The average Bonchev–Trinajstić information content (AvgIpc) is 2.84. The number of unbranched alkanes of at least 4 members (excludes halogenated alkanes) is 1. The van der Waals surface area contributed by atoms with Gasteiger partial charge < -0.3 is 42.7 Å². The summed E-state index contributed by atoms with van der Waals surface area (Å²) in [6.45, 7) is 1.57. The van der Waals surface area contributed by atoms with Crippen molar-refractivity contribution < 1.29 is 39.3 Å². The molecule has 10 N–H and O–H groups in total. The molecule has 3 amide bonds. The molecule has 37 heavy (non-hydrogen) atoms. The Labute approximate surface area is 215 Å². The van der Waals surface area contributed by atoms with Crippen molar-refractivity contribution in [1.82, 2.24) is 16.0 Å². The molecule has 0 radical (unpaired) electrons. The van der Waals surface area contributed by atoms with Crippen molar-refractivity contribution in [2.75, 3.05) is 6.54 Å². The summed E-state index contributed by atoms with van der Waals surface area (Å²) in [5.41, 5.74) is 12.1. The number of aliphatic carboxylic acids is 2. The van der Waals surface area contributed by atoms with E-state index in [1.165, 1.54) is 6.92 Å². The van der Waals surface area contributed by atoms with Gasteiger partial charge in [0, 0.05) is 6.42 Å². The van der Waals surface area contributed by atoms with Crippen LogP contribution in [0.2, 0.25) is 0 Å². The molecule has 0 saturated carbocycles. The summed E-state index contributed by atoms with van der Waals surface area (Å²) in [7, 11) is 0. The van der Waals surface area contributed by atoms with Gasteiger partial charge in [-0.05, 0) is 51.1 Å². The number of carboxylic acids is 2. The Bertz CT molecular complexity index is 912. The Balaban J connectivity index is 2.93. The highest BCUT2D eigenvalue weighted by Crippen LogP contribution is 2.06. The molecule has 206 valence electrons. The van der Waals surface area contributed by atoms with Gasteiger partial charge in [0.2, 0.25) is 17.7 Å². The second-order valence-corrected chi connectivity index (χ2v) is 8.70. The van der Waals surface area contributed by atoms with Crippen LogP contribution >= 0.6 is 0 Å². The Hall–Kier alpha value is -3.55.